The molecule has 1 fully saturated rings. The summed E-state index contributed by atoms with van der Waals surface area (Å²) >= 11 is 1.49. The van der Waals surface area contributed by atoms with E-state index in [1.54, 1.807) is 18.1 Å². The number of carboxylic acids is 1. The Labute approximate surface area is 144 Å². The molecule has 1 amide bonds. The maximum Gasteiger partial charge on any atom is 0.337 e. The molecule has 0 spiro atoms. The van der Waals surface area contributed by atoms with E-state index in [1.807, 2.05) is 37.3 Å². The summed E-state index contributed by atoms with van der Waals surface area (Å²) in [5, 5.41) is 9.25. The van der Waals surface area contributed by atoms with Crippen molar-refractivity contribution in [1.82, 2.24) is 0 Å². The molecule has 1 unspecified atom stereocenters. The van der Waals surface area contributed by atoms with Crippen molar-refractivity contribution in [2.75, 3.05) is 17.8 Å². The minimum atomic E-state index is -1.04. The number of rotatable bonds is 4. The number of carbonyl (C=O) groups is 2. The van der Waals surface area contributed by atoms with E-state index < -0.39 is 5.97 Å². The van der Waals surface area contributed by atoms with Crippen molar-refractivity contribution in [3.63, 3.8) is 0 Å². The van der Waals surface area contributed by atoms with Gasteiger partial charge in [0.05, 0.1) is 24.1 Å². The highest BCUT2D eigenvalue weighted by Crippen LogP contribution is 2.44. The van der Waals surface area contributed by atoms with Gasteiger partial charge in [0, 0.05) is 0 Å². The van der Waals surface area contributed by atoms with Gasteiger partial charge >= 0.3 is 5.97 Å². The lowest BCUT2D eigenvalue weighted by molar-refractivity contribution is -0.115. The fraction of sp³-hybridized carbons (Fsp3) is 0.222. The minimum absolute atomic E-state index is 0.0855. The van der Waals surface area contributed by atoms with Crippen molar-refractivity contribution in [1.29, 1.82) is 0 Å². The molecule has 124 valence electrons. The maximum atomic E-state index is 12.5. The third-order valence-electron chi connectivity index (χ3n) is 3.98. The van der Waals surface area contributed by atoms with Crippen LogP contribution in [-0.2, 0) is 4.79 Å². The van der Waals surface area contributed by atoms with Crippen molar-refractivity contribution in [3.05, 3.63) is 59.2 Å². The first-order chi connectivity index (χ1) is 11.5. The van der Waals surface area contributed by atoms with Crippen LogP contribution in [0.25, 0.3) is 0 Å². The molecule has 5 nitrogen and oxygen atoms in total. The van der Waals surface area contributed by atoms with Crippen LogP contribution < -0.4 is 9.64 Å². The van der Waals surface area contributed by atoms with E-state index in [4.69, 9.17) is 4.74 Å². The SMILES string of the molecule is COc1ccc(C2SCC(=O)N2c2c(C)cccc2C(=O)O)cc1. The number of hydrogen-bond donors (Lipinski definition) is 1. The van der Waals surface area contributed by atoms with Crippen LogP contribution in [0.1, 0.15) is 26.9 Å². The van der Waals surface area contributed by atoms with Crippen molar-refractivity contribution in [3.8, 4) is 5.75 Å². The number of thioether (sulfide) groups is 1. The molecule has 0 saturated carbocycles. The van der Waals surface area contributed by atoms with Crippen LogP contribution in [0.5, 0.6) is 5.75 Å². The molecule has 1 aliphatic heterocycles. The second kappa shape index (κ2) is 6.57. The first-order valence-corrected chi connectivity index (χ1v) is 8.48. The standard InChI is InChI=1S/C18H17NO4S/c1-11-4-3-5-14(18(21)22)16(11)19-15(20)10-24-17(19)12-6-8-13(23-2)9-7-12/h3-9,17H,10H2,1-2H3,(H,21,22). The predicted molar refractivity (Wildman–Crippen MR) is 93.8 cm³/mol. The highest BCUT2D eigenvalue weighted by molar-refractivity contribution is 8.00. The van der Waals surface area contributed by atoms with Crippen molar-refractivity contribution in [2.24, 2.45) is 0 Å². The van der Waals surface area contributed by atoms with Gasteiger partial charge in [-0.05, 0) is 36.2 Å². The highest BCUT2D eigenvalue weighted by Gasteiger charge is 2.36. The number of carbonyl (C=O) groups excluding carboxylic acids is 1. The molecule has 2 aromatic rings. The molecule has 2 aromatic carbocycles. The third-order valence-corrected chi connectivity index (χ3v) is 5.19. The normalized spacial score (nSPS) is 17.2. The van der Waals surface area contributed by atoms with Crippen LogP contribution >= 0.6 is 11.8 Å². The summed E-state index contributed by atoms with van der Waals surface area (Å²) < 4.78 is 5.17. The lowest BCUT2D eigenvalue weighted by atomic mass is 10.1. The molecule has 1 saturated heterocycles. The number of nitrogens with zero attached hydrogens (tertiary/aromatic N) is 1. The average Bonchev–Trinajstić information content (AvgIpc) is 2.96. The quantitative estimate of drug-likeness (QED) is 0.920. The first kappa shape index (κ1) is 16.4. The van der Waals surface area contributed by atoms with E-state index in [1.165, 1.54) is 17.8 Å². The van der Waals surface area contributed by atoms with Gasteiger partial charge in [-0.25, -0.2) is 4.79 Å². The van der Waals surface area contributed by atoms with Gasteiger partial charge in [-0.2, -0.15) is 0 Å². The van der Waals surface area contributed by atoms with Gasteiger partial charge in [0.15, 0.2) is 0 Å². The number of methoxy groups -OCH3 is 1. The highest BCUT2D eigenvalue weighted by atomic mass is 32.2. The molecule has 0 aliphatic carbocycles. The Morgan fingerprint density at radius 2 is 1.96 bits per heavy atom. The van der Waals surface area contributed by atoms with Crippen molar-refractivity contribution < 1.29 is 19.4 Å². The van der Waals surface area contributed by atoms with Gasteiger partial charge in [-0.15, -0.1) is 11.8 Å². The zero-order valence-corrected chi connectivity index (χ0v) is 14.2. The Balaban J connectivity index is 2.07. The van der Waals surface area contributed by atoms with Crippen molar-refractivity contribution >= 4 is 29.3 Å². The Kier molecular flexibility index (Phi) is 4.49. The van der Waals surface area contributed by atoms with Gasteiger partial charge < -0.3 is 9.84 Å². The largest absolute Gasteiger partial charge is 0.497 e. The number of para-hydroxylation sites is 1. The number of aromatic carboxylic acids is 1. The summed E-state index contributed by atoms with van der Waals surface area (Å²) in [6, 6.07) is 12.5. The summed E-state index contributed by atoms with van der Waals surface area (Å²) in [6.45, 7) is 1.82. The second-order valence-corrected chi connectivity index (χ2v) is 6.55. The topological polar surface area (TPSA) is 66.8 Å². The summed E-state index contributed by atoms with van der Waals surface area (Å²) in [5.41, 5.74) is 2.32. The van der Waals surface area contributed by atoms with Crippen LogP contribution in [0.15, 0.2) is 42.5 Å². The molecule has 0 aromatic heterocycles. The Morgan fingerprint density at radius 1 is 1.25 bits per heavy atom. The Bertz CT molecular complexity index is 788. The molecule has 0 bridgehead atoms. The zero-order valence-electron chi connectivity index (χ0n) is 13.4. The van der Waals surface area contributed by atoms with E-state index in [0.29, 0.717) is 11.4 Å². The smallest absolute Gasteiger partial charge is 0.337 e. The lowest BCUT2D eigenvalue weighted by Gasteiger charge is -2.27. The van der Waals surface area contributed by atoms with E-state index in [9.17, 15) is 14.7 Å². The minimum Gasteiger partial charge on any atom is -0.497 e. The Hall–Kier alpha value is -2.47. The first-order valence-electron chi connectivity index (χ1n) is 7.43. The van der Waals surface area contributed by atoms with Crippen LogP contribution in [0.3, 0.4) is 0 Å². The third kappa shape index (κ3) is 2.85. The molecule has 6 heteroatoms. The maximum absolute atomic E-state index is 12.5. The molecule has 1 atom stereocenters. The van der Waals surface area contributed by atoms with Gasteiger partial charge in [0.1, 0.15) is 11.1 Å². The summed E-state index contributed by atoms with van der Waals surface area (Å²) in [5.74, 6) is -0.0596. The molecular formula is C18H17NO4S. The van der Waals surface area contributed by atoms with Gasteiger partial charge in [-0.3, -0.25) is 9.69 Å². The predicted octanol–water partition coefficient (Wildman–Crippen LogP) is 3.48. The van der Waals surface area contributed by atoms with Gasteiger partial charge in [0.25, 0.3) is 0 Å². The van der Waals surface area contributed by atoms with E-state index in [0.717, 1.165) is 16.9 Å². The molecule has 3 rings (SSSR count). The van der Waals surface area contributed by atoms with Crippen molar-refractivity contribution in [2.45, 2.75) is 12.3 Å². The molecule has 24 heavy (non-hydrogen) atoms. The number of ether oxygens (including phenoxy) is 1. The molecule has 1 heterocycles. The van der Waals surface area contributed by atoms with Gasteiger partial charge in [-0.1, -0.05) is 24.3 Å². The van der Waals surface area contributed by atoms with Crippen LogP contribution in [0.4, 0.5) is 5.69 Å². The van der Waals surface area contributed by atoms with E-state index in [2.05, 4.69) is 0 Å². The van der Waals surface area contributed by atoms with Crippen LogP contribution in [0.2, 0.25) is 0 Å². The molecule has 0 radical (unpaired) electrons. The number of benzene rings is 2. The van der Waals surface area contributed by atoms with E-state index >= 15 is 0 Å². The second-order valence-electron chi connectivity index (χ2n) is 5.48. The zero-order chi connectivity index (χ0) is 17.3. The number of anilines is 1. The average molecular weight is 343 g/mol. The summed E-state index contributed by atoms with van der Waals surface area (Å²) in [6.07, 6.45) is 0. The molecule has 1 aliphatic rings. The summed E-state index contributed by atoms with van der Waals surface area (Å²) in [4.78, 5) is 25.7. The monoisotopic (exact) mass is 343 g/mol. The molecular weight excluding hydrogens is 326 g/mol. The summed E-state index contributed by atoms with van der Waals surface area (Å²) in [7, 11) is 1.60. The van der Waals surface area contributed by atoms with E-state index in [-0.39, 0.29) is 16.8 Å². The number of amides is 1. The Morgan fingerprint density at radius 3 is 2.58 bits per heavy atom. The van der Waals surface area contributed by atoms with Crippen LogP contribution in [-0.4, -0.2) is 29.8 Å². The fourth-order valence-corrected chi connectivity index (χ4v) is 3.99. The number of aryl methyl sites for hydroxylation is 1. The van der Waals surface area contributed by atoms with Gasteiger partial charge in [0.2, 0.25) is 5.91 Å². The lowest BCUT2D eigenvalue weighted by Crippen LogP contribution is -2.30. The number of hydrogen-bond acceptors (Lipinski definition) is 4. The molecule has 1 N–H and O–H groups in total. The fourth-order valence-electron chi connectivity index (χ4n) is 2.83. The number of carboxylic acid groups (broad SMARTS) is 1. The van der Waals surface area contributed by atoms with Crippen LogP contribution in [0, 0.1) is 6.92 Å².